The molecule has 218 valence electrons. The Morgan fingerprint density at radius 2 is 2.05 bits per heavy atom. The number of hydrogen-bond acceptors (Lipinski definition) is 12. The number of aliphatic hydroxyl groups is 1. The van der Waals surface area contributed by atoms with Crippen LogP contribution in [0.3, 0.4) is 0 Å². The van der Waals surface area contributed by atoms with Crippen LogP contribution in [0, 0.1) is 10.1 Å². The summed E-state index contributed by atoms with van der Waals surface area (Å²) in [5.74, 6) is -0.451. The van der Waals surface area contributed by atoms with Crippen molar-refractivity contribution in [2.75, 3.05) is 12.3 Å². The van der Waals surface area contributed by atoms with E-state index in [1.165, 1.54) is 28.7 Å². The lowest BCUT2D eigenvalue weighted by Gasteiger charge is -2.22. The van der Waals surface area contributed by atoms with Crippen LogP contribution in [0.4, 0.5) is 16.2 Å². The van der Waals surface area contributed by atoms with E-state index in [4.69, 9.17) is 31.1 Å². The van der Waals surface area contributed by atoms with E-state index in [1.807, 2.05) is 6.07 Å². The summed E-state index contributed by atoms with van der Waals surface area (Å²) in [5.41, 5.74) is 7.07. The molecule has 1 saturated heterocycles. The number of imidazole rings is 2. The number of anilines is 1. The van der Waals surface area contributed by atoms with Crippen molar-refractivity contribution in [1.29, 1.82) is 0 Å². The predicted octanol–water partition coefficient (Wildman–Crippen LogP) is 2.43. The normalized spacial score (nSPS) is 22.2. The molecule has 0 aliphatic carbocycles. The molecule has 4 N–H and O–H groups in total. The molecular formula is C22H24ClFN9O7P. The SMILES string of the molecule is Cn1c(COP(=O)(NCc2ccccc2)OC[C@H]2O[C@@H](n3cnc4c(N)nc(Cl)nc43)[C@H](F)C2O)cnc1[N+](=O)[O-]. The second kappa shape index (κ2) is 11.7. The summed E-state index contributed by atoms with van der Waals surface area (Å²) in [6, 6.07) is 8.94. The molecule has 3 aromatic heterocycles. The molecule has 19 heteroatoms. The zero-order chi connectivity index (χ0) is 29.3. The van der Waals surface area contributed by atoms with Gasteiger partial charge in [0.15, 0.2) is 23.9 Å². The largest absolute Gasteiger partial charge is 0.434 e. The van der Waals surface area contributed by atoms with Gasteiger partial charge in [0.1, 0.15) is 36.2 Å². The maximum atomic E-state index is 15.2. The second-order valence-electron chi connectivity index (χ2n) is 8.95. The summed E-state index contributed by atoms with van der Waals surface area (Å²) in [6.07, 6.45) is -3.88. The first-order valence-corrected chi connectivity index (χ1v) is 13.9. The number of halogens is 2. The summed E-state index contributed by atoms with van der Waals surface area (Å²) in [6.45, 7) is -0.857. The fourth-order valence-corrected chi connectivity index (χ4v) is 5.58. The zero-order valence-corrected chi connectivity index (χ0v) is 22.9. The number of nitro groups is 1. The summed E-state index contributed by atoms with van der Waals surface area (Å²) in [5, 5.41) is 24.2. The number of nitrogens with two attached hydrogens (primary N) is 1. The van der Waals surface area contributed by atoms with Gasteiger partial charge >= 0.3 is 13.7 Å². The van der Waals surface area contributed by atoms with Gasteiger partial charge in [-0.1, -0.05) is 35.3 Å². The van der Waals surface area contributed by atoms with Crippen LogP contribution < -0.4 is 10.8 Å². The molecule has 41 heavy (non-hydrogen) atoms. The monoisotopic (exact) mass is 611 g/mol. The first kappa shape index (κ1) is 28.9. The van der Waals surface area contributed by atoms with Crippen molar-refractivity contribution in [2.45, 2.75) is 37.8 Å². The molecule has 1 aliphatic rings. The lowest BCUT2D eigenvalue weighted by Crippen LogP contribution is -2.32. The zero-order valence-electron chi connectivity index (χ0n) is 21.3. The van der Waals surface area contributed by atoms with Crippen LogP contribution in [0.2, 0.25) is 5.28 Å². The number of rotatable bonds is 11. The van der Waals surface area contributed by atoms with Gasteiger partial charge in [0.05, 0.1) is 20.0 Å². The predicted molar refractivity (Wildman–Crippen MR) is 141 cm³/mol. The molecule has 0 amide bonds. The molecule has 0 spiro atoms. The highest BCUT2D eigenvalue weighted by molar-refractivity contribution is 7.51. The molecule has 4 heterocycles. The van der Waals surface area contributed by atoms with Crippen LogP contribution in [-0.2, 0) is 38.5 Å². The highest BCUT2D eigenvalue weighted by Gasteiger charge is 2.47. The summed E-state index contributed by atoms with van der Waals surface area (Å²) in [4.78, 5) is 26.1. The molecule has 0 bridgehead atoms. The molecular weight excluding hydrogens is 588 g/mol. The minimum absolute atomic E-state index is 0.0195. The third kappa shape index (κ3) is 6.06. The van der Waals surface area contributed by atoms with Gasteiger partial charge < -0.3 is 25.7 Å². The molecule has 0 saturated carbocycles. The molecule has 4 aromatic rings. The Labute approximate surface area is 236 Å². The number of benzene rings is 1. The van der Waals surface area contributed by atoms with Gasteiger partial charge in [0.2, 0.25) is 5.28 Å². The van der Waals surface area contributed by atoms with Crippen molar-refractivity contribution in [2.24, 2.45) is 7.05 Å². The van der Waals surface area contributed by atoms with Crippen LogP contribution in [0.15, 0.2) is 42.9 Å². The maximum absolute atomic E-state index is 15.2. The maximum Gasteiger partial charge on any atom is 0.434 e. The molecule has 16 nitrogen and oxygen atoms in total. The number of nitrogens with zero attached hydrogens (tertiary/aromatic N) is 7. The van der Waals surface area contributed by atoms with E-state index in [1.54, 1.807) is 24.3 Å². The molecule has 2 unspecified atom stereocenters. The van der Waals surface area contributed by atoms with Gasteiger partial charge in [0.25, 0.3) is 0 Å². The summed E-state index contributed by atoms with van der Waals surface area (Å²) >= 11 is 5.89. The van der Waals surface area contributed by atoms with Crippen molar-refractivity contribution in [3.05, 3.63) is 69.5 Å². The Balaban J connectivity index is 1.31. The fourth-order valence-electron chi connectivity index (χ4n) is 4.14. The quantitative estimate of drug-likeness (QED) is 0.0964. The Morgan fingerprint density at radius 3 is 2.76 bits per heavy atom. The van der Waals surface area contributed by atoms with Crippen molar-refractivity contribution in [3.63, 3.8) is 0 Å². The second-order valence-corrected chi connectivity index (χ2v) is 11.1. The Hall–Kier alpha value is -3.57. The van der Waals surface area contributed by atoms with Gasteiger partial charge in [-0.25, -0.2) is 23.6 Å². The number of alkyl halides is 1. The van der Waals surface area contributed by atoms with Crippen molar-refractivity contribution in [3.8, 4) is 0 Å². The fraction of sp³-hybridized carbons (Fsp3) is 0.364. The van der Waals surface area contributed by atoms with E-state index in [0.717, 1.165) is 5.56 Å². The molecule has 1 aliphatic heterocycles. The Bertz CT molecular complexity index is 1610. The number of nitrogens with one attached hydrogen (secondary N) is 1. The standard InChI is InChI=1S/C22H24ClFN9O7P/c1-31-13(8-26-22(31)33(35)36)9-38-41(37,28-7-12-5-3-2-4-6-12)39-10-14-17(34)15(24)20(40-14)32-11-27-16-18(25)29-21(23)30-19(16)32/h2-6,8,11,14-15,17,20,34H,7,9-10H2,1H3,(H,28,37)(H2,25,29,30)/t14-,15-,17?,20-,41?/m1/s1. The molecule has 5 rings (SSSR count). The number of nitrogen functional groups attached to an aromatic ring is 1. The van der Waals surface area contributed by atoms with Crippen LogP contribution in [0.1, 0.15) is 17.5 Å². The third-order valence-corrected chi connectivity index (χ3v) is 8.00. The molecule has 5 atom stereocenters. The topological polar surface area (TPSA) is 208 Å². The summed E-state index contributed by atoms with van der Waals surface area (Å²) < 4.78 is 48.2. The first-order chi connectivity index (χ1) is 19.6. The first-order valence-electron chi connectivity index (χ1n) is 12.0. The van der Waals surface area contributed by atoms with Gasteiger partial charge in [-0.15, -0.1) is 0 Å². The number of aliphatic hydroxyl groups excluding tert-OH is 1. The minimum Gasteiger partial charge on any atom is -0.390 e. The van der Waals surface area contributed by atoms with Crippen LogP contribution >= 0.6 is 19.3 Å². The highest BCUT2D eigenvalue weighted by atomic mass is 35.5. The van der Waals surface area contributed by atoms with E-state index in [9.17, 15) is 19.8 Å². The average molecular weight is 612 g/mol. The van der Waals surface area contributed by atoms with Gasteiger partial charge in [0, 0.05) is 6.54 Å². The van der Waals surface area contributed by atoms with E-state index in [-0.39, 0.29) is 41.1 Å². The highest BCUT2D eigenvalue weighted by Crippen LogP contribution is 2.46. The van der Waals surface area contributed by atoms with Crippen molar-refractivity contribution in [1.82, 2.24) is 34.2 Å². The van der Waals surface area contributed by atoms with E-state index >= 15 is 4.39 Å². The molecule has 1 fully saturated rings. The van der Waals surface area contributed by atoms with Crippen LogP contribution in [-0.4, -0.2) is 64.1 Å². The number of hydrogen-bond donors (Lipinski definition) is 3. The van der Waals surface area contributed by atoms with Gasteiger partial charge in [-0.05, 0) is 22.1 Å². The van der Waals surface area contributed by atoms with E-state index in [0.29, 0.717) is 0 Å². The smallest absolute Gasteiger partial charge is 0.390 e. The van der Waals surface area contributed by atoms with Crippen LogP contribution in [0.25, 0.3) is 11.2 Å². The lowest BCUT2D eigenvalue weighted by molar-refractivity contribution is -0.396. The van der Waals surface area contributed by atoms with Crippen molar-refractivity contribution >= 4 is 42.3 Å². The van der Waals surface area contributed by atoms with Crippen LogP contribution in [0.5, 0.6) is 0 Å². The number of ether oxygens (including phenoxy) is 1. The van der Waals surface area contributed by atoms with Gasteiger partial charge in [-0.3, -0.25) is 13.6 Å². The molecule has 0 radical (unpaired) electrons. The lowest BCUT2D eigenvalue weighted by atomic mass is 10.1. The minimum atomic E-state index is -4.16. The van der Waals surface area contributed by atoms with E-state index in [2.05, 4.69) is 25.0 Å². The number of aromatic nitrogens is 6. The third-order valence-electron chi connectivity index (χ3n) is 6.32. The Morgan fingerprint density at radius 1 is 1.29 bits per heavy atom. The molecule has 1 aromatic carbocycles. The van der Waals surface area contributed by atoms with Crippen molar-refractivity contribution < 1.29 is 32.8 Å². The average Bonchev–Trinajstić information content (AvgIpc) is 3.62. The van der Waals surface area contributed by atoms with Gasteiger partial charge in [-0.2, -0.15) is 9.97 Å². The summed E-state index contributed by atoms with van der Waals surface area (Å²) in [7, 11) is -2.76. The number of fused-ring (bicyclic) bond motifs is 1. The Kier molecular flexibility index (Phi) is 8.28. The van der Waals surface area contributed by atoms with E-state index < -0.39 is 49.8 Å².